The number of halogens is 1. The Balaban J connectivity index is 0.000000160. The molecule has 7 heterocycles. The highest BCUT2D eigenvalue weighted by atomic mass is 79.9. The summed E-state index contributed by atoms with van der Waals surface area (Å²) in [6.45, 7) is 4.22. The molecule has 0 atom stereocenters. The molecule has 68 heavy (non-hydrogen) atoms. The fourth-order valence-corrected chi connectivity index (χ4v) is 9.62. The highest BCUT2D eigenvalue weighted by Gasteiger charge is 2.32. The van der Waals surface area contributed by atoms with Crippen molar-refractivity contribution in [3.63, 3.8) is 0 Å². The Hall–Kier alpha value is -8.05. The van der Waals surface area contributed by atoms with Crippen LogP contribution < -0.4 is 19.3 Å². The van der Waals surface area contributed by atoms with E-state index in [9.17, 15) is 19.2 Å². The number of fused-ring (bicyclic) bond motifs is 4. The number of anilines is 2. The zero-order valence-electron chi connectivity index (χ0n) is 37.2. The van der Waals surface area contributed by atoms with E-state index < -0.39 is 23.4 Å². The summed E-state index contributed by atoms with van der Waals surface area (Å²) in [6, 6.07) is 27.5. The topological polar surface area (TPSA) is 175 Å². The van der Waals surface area contributed by atoms with E-state index in [1.807, 2.05) is 59.3 Å². The predicted molar refractivity (Wildman–Crippen MR) is 264 cm³/mol. The minimum atomic E-state index is -0.556. The molecular formula is C51H45BrN10O6. The molecule has 11 rings (SSSR count). The third kappa shape index (κ3) is 8.03. The zero-order valence-corrected chi connectivity index (χ0v) is 38.8. The molecule has 2 N–H and O–H groups in total. The summed E-state index contributed by atoms with van der Waals surface area (Å²) >= 11 is 3.48. The van der Waals surface area contributed by atoms with E-state index >= 15 is 0 Å². The number of hydrogen-bond donors (Lipinski definition) is 2. The number of ketones is 2. The van der Waals surface area contributed by atoms with Gasteiger partial charge in [-0.25, -0.2) is 15.0 Å². The summed E-state index contributed by atoms with van der Waals surface area (Å²) in [4.78, 5) is 79.9. The van der Waals surface area contributed by atoms with Gasteiger partial charge in [-0.05, 0) is 63.1 Å². The summed E-state index contributed by atoms with van der Waals surface area (Å²) in [5, 5.41) is 5.61. The van der Waals surface area contributed by atoms with Crippen LogP contribution in [-0.4, -0.2) is 129 Å². The smallest absolute Gasteiger partial charge is 0.295 e. The average molecular weight is 974 g/mol. The molecule has 16 nitrogen and oxygen atoms in total. The van der Waals surface area contributed by atoms with Crippen LogP contribution in [0.3, 0.4) is 0 Å². The fourth-order valence-electron chi connectivity index (χ4n) is 9.17. The van der Waals surface area contributed by atoms with E-state index in [1.54, 1.807) is 73.5 Å². The monoisotopic (exact) mass is 972 g/mol. The molecular weight excluding hydrogens is 929 g/mol. The van der Waals surface area contributed by atoms with Gasteiger partial charge in [-0.2, -0.15) is 0 Å². The molecule has 2 aliphatic rings. The van der Waals surface area contributed by atoms with Gasteiger partial charge in [0.2, 0.25) is 0 Å². The second-order valence-electron chi connectivity index (χ2n) is 16.3. The van der Waals surface area contributed by atoms with Crippen molar-refractivity contribution < 1.29 is 28.7 Å². The van der Waals surface area contributed by atoms with Crippen LogP contribution in [0.5, 0.6) is 11.5 Å². The standard InChI is InChI=1S/C27H24N6O3.C24H21BrN4O3/c1-36-22-7-6-21(33-11-10-28-17-33)24-23(22)20(16-30-24)25(34)27(35)32-14-12-31(13-15-32)26-19-5-3-2-4-18(19)8-9-29-26;1-32-19-7-6-18(25)21-20(19)17(14-27-21)22(30)24(31)29-12-10-28(11-13-29)23-16-5-3-2-4-15(16)8-9-26-23/h2-11,16-17,30H,12-15H2,1H3;2-9,14,27H,10-13H2,1H3. The number of carbonyl (C=O) groups is 4. The van der Waals surface area contributed by atoms with Crippen LogP contribution in [0.2, 0.25) is 0 Å². The van der Waals surface area contributed by atoms with Crippen LogP contribution in [0.25, 0.3) is 49.0 Å². The lowest BCUT2D eigenvalue weighted by Gasteiger charge is -2.35. The number of imidazole rings is 1. The van der Waals surface area contributed by atoms with Gasteiger partial charge in [0.25, 0.3) is 23.4 Å². The van der Waals surface area contributed by atoms with Gasteiger partial charge < -0.3 is 43.6 Å². The second-order valence-corrected chi connectivity index (χ2v) is 17.2. The number of Topliss-reactive ketones (excluding diaryl/α,β-unsaturated/α-hetero) is 2. The number of amides is 2. The van der Waals surface area contributed by atoms with Crippen LogP contribution in [-0.2, 0) is 9.59 Å². The molecule has 0 spiro atoms. The predicted octanol–water partition coefficient (Wildman–Crippen LogP) is 7.46. The van der Waals surface area contributed by atoms with Gasteiger partial charge in [0, 0.05) is 105 Å². The van der Waals surface area contributed by atoms with Crippen molar-refractivity contribution in [1.82, 2.24) is 39.3 Å². The molecule has 0 bridgehead atoms. The molecule has 17 heteroatoms. The third-order valence-electron chi connectivity index (χ3n) is 12.7. The summed E-state index contributed by atoms with van der Waals surface area (Å²) in [5.41, 5.74) is 2.86. The van der Waals surface area contributed by atoms with Crippen molar-refractivity contribution in [2.24, 2.45) is 0 Å². The quantitative estimate of drug-likeness (QED) is 0.109. The van der Waals surface area contributed by atoms with Crippen molar-refractivity contribution in [1.29, 1.82) is 0 Å². The molecule has 0 unspecified atom stereocenters. The second kappa shape index (κ2) is 18.7. The van der Waals surface area contributed by atoms with Crippen LogP contribution in [0, 0.1) is 0 Å². The van der Waals surface area contributed by atoms with Gasteiger partial charge in [0.1, 0.15) is 23.1 Å². The first-order valence-corrected chi connectivity index (χ1v) is 22.9. The number of hydrogen-bond acceptors (Lipinski definition) is 11. The average Bonchev–Trinajstić information content (AvgIpc) is 4.20. The number of benzene rings is 4. The zero-order chi connectivity index (χ0) is 46.9. The number of nitrogens with zero attached hydrogens (tertiary/aromatic N) is 8. The number of carbonyl (C=O) groups excluding carboxylic acids is 4. The van der Waals surface area contributed by atoms with Gasteiger partial charge in [-0.3, -0.25) is 19.2 Å². The maximum Gasteiger partial charge on any atom is 0.295 e. The lowest BCUT2D eigenvalue weighted by molar-refractivity contribution is -0.127. The lowest BCUT2D eigenvalue weighted by Crippen LogP contribution is -2.50. The van der Waals surface area contributed by atoms with E-state index in [-0.39, 0.29) is 0 Å². The van der Waals surface area contributed by atoms with E-state index in [0.29, 0.717) is 91.3 Å². The Morgan fingerprint density at radius 2 is 1.06 bits per heavy atom. The molecule has 0 saturated carbocycles. The minimum absolute atomic E-state index is 0.298. The first-order valence-electron chi connectivity index (χ1n) is 22.1. The maximum absolute atomic E-state index is 13.4. The van der Waals surface area contributed by atoms with Gasteiger partial charge >= 0.3 is 0 Å². The van der Waals surface area contributed by atoms with E-state index in [0.717, 1.165) is 48.9 Å². The Morgan fingerprint density at radius 1 is 0.574 bits per heavy atom. The number of methoxy groups -OCH3 is 2. The summed E-state index contributed by atoms with van der Waals surface area (Å²) in [7, 11) is 3.10. The van der Waals surface area contributed by atoms with Crippen molar-refractivity contribution in [2.75, 3.05) is 76.4 Å². The number of rotatable bonds is 9. The Bertz CT molecular complexity index is 3360. The number of aromatic amines is 2. The van der Waals surface area contributed by atoms with Gasteiger partial charge in [0.15, 0.2) is 0 Å². The van der Waals surface area contributed by atoms with Crippen LogP contribution in [0.15, 0.2) is 133 Å². The molecule has 9 aromatic rings. The molecule has 2 saturated heterocycles. The Labute approximate surface area is 398 Å². The third-order valence-corrected chi connectivity index (χ3v) is 13.3. The highest BCUT2D eigenvalue weighted by Crippen LogP contribution is 2.36. The van der Waals surface area contributed by atoms with Gasteiger partial charge in [-0.1, -0.05) is 48.5 Å². The van der Waals surface area contributed by atoms with Crippen LogP contribution in [0.1, 0.15) is 20.7 Å². The summed E-state index contributed by atoms with van der Waals surface area (Å²) in [6.07, 6.45) is 12.0. The Kier molecular flexibility index (Phi) is 12.0. The Morgan fingerprint density at radius 3 is 1.56 bits per heavy atom. The molecule has 2 aliphatic heterocycles. The van der Waals surface area contributed by atoms with E-state index in [1.165, 1.54) is 0 Å². The largest absolute Gasteiger partial charge is 0.496 e. The molecule has 5 aromatic heterocycles. The number of H-pyrrole nitrogens is 2. The van der Waals surface area contributed by atoms with Crippen LogP contribution in [0.4, 0.5) is 11.6 Å². The molecule has 2 fully saturated rings. The highest BCUT2D eigenvalue weighted by molar-refractivity contribution is 9.10. The van der Waals surface area contributed by atoms with Gasteiger partial charge in [-0.15, -0.1) is 0 Å². The molecule has 4 aromatic carbocycles. The van der Waals surface area contributed by atoms with E-state index in [2.05, 4.69) is 74.9 Å². The fraction of sp³-hybridized carbons (Fsp3) is 0.196. The molecule has 2 amide bonds. The number of piperazine rings is 2. The summed E-state index contributed by atoms with van der Waals surface area (Å²) < 4.78 is 13.6. The lowest BCUT2D eigenvalue weighted by atomic mass is 10.1. The minimum Gasteiger partial charge on any atom is -0.496 e. The first-order chi connectivity index (χ1) is 33.2. The number of aromatic nitrogens is 6. The number of ether oxygens (including phenoxy) is 2. The maximum atomic E-state index is 13.4. The molecule has 0 radical (unpaired) electrons. The normalized spacial score (nSPS) is 14.0. The first kappa shape index (κ1) is 43.8. The SMILES string of the molecule is COc1ccc(-n2ccnc2)c2[nH]cc(C(=O)C(=O)N3CCN(c4nccc5ccccc45)CC3)c12.COc1ccc(Br)c2[nH]cc(C(=O)C(=O)N3CCN(c4nccc5ccccc45)CC3)c12. The molecule has 342 valence electrons. The number of pyridine rings is 2. The van der Waals surface area contributed by atoms with Gasteiger partial charge in [0.05, 0.1) is 59.2 Å². The number of nitrogens with one attached hydrogen (secondary N) is 2. The summed E-state index contributed by atoms with van der Waals surface area (Å²) in [5.74, 6) is 0.775. The van der Waals surface area contributed by atoms with Crippen molar-refractivity contribution in [2.45, 2.75) is 0 Å². The molecule has 0 aliphatic carbocycles. The van der Waals surface area contributed by atoms with Crippen molar-refractivity contribution >= 4 is 94.3 Å². The van der Waals surface area contributed by atoms with Crippen molar-refractivity contribution in [3.05, 3.63) is 144 Å². The van der Waals surface area contributed by atoms with Crippen molar-refractivity contribution in [3.8, 4) is 17.2 Å². The van der Waals surface area contributed by atoms with E-state index in [4.69, 9.17) is 9.47 Å². The van der Waals surface area contributed by atoms with Crippen LogP contribution >= 0.6 is 15.9 Å².